The fourth-order valence-corrected chi connectivity index (χ4v) is 1.50. The molecule has 88 valence electrons. The van der Waals surface area contributed by atoms with Crippen LogP contribution in [0.25, 0.3) is 0 Å². The molecule has 0 spiro atoms. The molecule has 0 aromatic heterocycles. The van der Waals surface area contributed by atoms with E-state index in [2.05, 4.69) is 5.32 Å². The molecule has 1 atom stereocenters. The molecular weight excluding hydrogens is 216 g/mol. The largest absolute Gasteiger partial charge is 0.488 e. The van der Waals surface area contributed by atoms with Gasteiger partial charge in [0.2, 0.25) is 5.82 Å². The van der Waals surface area contributed by atoms with Crippen LogP contribution in [0.3, 0.4) is 0 Å². The van der Waals surface area contributed by atoms with Gasteiger partial charge in [-0.1, -0.05) is 6.07 Å². The average molecular weight is 229 g/mol. The molecule has 3 nitrogen and oxygen atoms in total. The molecule has 1 N–H and O–H groups in total. The summed E-state index contributed by atoms with van der Waals surface area (Å²) in [6, 6.07) is 3.86. The lowest BCUT2D eigenvalue weighted by molar-refractivity contribution is -0.000668. The Labute approximate surface area is 92.4 Å². The van der Waals surface area contributed by atoms with Gasteiger partial charge in [-0.15, -0.1) is 0 Å². The van der Waals surface area contributed by atoms with Gasteiger partial charge in [0.05, 0.1) is 6.61 Å². The second kappa shape index (κ2) is 5.23. The standard InChI is InChI=1S/C11H13F2NO2/c12-9-2-1-3-10(11(9)13)16-7-8-6-14-4-5-15-8/h1-3,8,14H,4-7H2. The molecule has 1 aliphatic heterocycles. The van der Waals surface area contributed by atoms with E-state index >= 15 is 0 Å². The van der Waals surface area contributed by atoms with Gasteiger partial charge in [0.15, 0.2) is 11.6 Å². The van der Waals surface area contributed by atoms with Crippen molar-refractivity contribution in [3.8, 4) is 5.75 Å². The van der Waals surface area contributed by atoms with E-state index in [9.17, 15) is 8.78 Å². The van der Waals surface area contributed by atoms with Gasteiger partial charge in [-0.3, -0.25) is 0 Å². The number of morpholine rings is 1. The van der Waals surface area contributed by atoms with Crippen LogP contribution in [0.4, 0.5) is 8.78 Å². The van der Waals surface area contributed by atoms with Crippen LogP contribution in [0.5, 0.6) is 5.75 Å². The molecule has 1 unspecified atom stereocenters. The highest BCUT2D eigenvalue weighted by molar-refractivity contribution is 5.25. The van der Waals surface area contributed by atoms with Crippen molar-refractivity contribution in [3.63, 3.8) is 0 Å². The van der Waals surface area contributed by atoms with Crippen molar-refractivity contribution in [1.29, 1.82) is 0 Å². The molecule has 1 fully saturated rings. The van der Waals surface area contributed by atoms with Crippen LogP contribution in [-0.2, 0) is 4.74 Å². The molecule has 1 aromatic carbocycles. The molecular formula is C11H13F2NO2. The van der Waals surface area contributed by atoms with Gasteiger partial charge >= 0.3 is 0 Å². The highest BCUT2D eigenvalue weighted by Gasteiger charge is 2.15. The van der Waals surface area contributed by atoms with Crippen molar-refractivity contribution >= 4 is 0 Å². The van der Waals surface area contributed by atoms with Gasteiger partial charge in [-0.05, 0) is 12.1 Å². The minimum Gasteiger partial charge on any atom is -0.488 e. The van der Waals surface area contributed by atoms with E-state index in [4.69, 9.17) is 9.47 Å². The van der Waals surface area contributed by atoms with E-state index in [1.54, 1.807) is 0 Å². The molecule has 1 aromatic rings. The predicted octanol–water partition coefficient (Wildman–Crippen LogP) is 1.33. The lowest BCUT2D eigenvalue weighted by Crippen LogP contribution is -2.41. The number of nitrogens with one attached hydrogen (secondary N) is 1. The van der Waals surface area contributed by atoms with Gasteiger partial charge in [-0.2, -0.15) is 4.39 Å². The number of hydrogen-bond acceptors (Lipinski definition) is 3. The van der Waals surface area contributed by atoms with Crippen LogP contribution in [-0.4, -0.2) is 32.4 Å². The summed E-state index contributed by atoms with van der Waals surface area (Å²) >= 11 is 0. The third-order valence-electron chi connectivity index (χ3n) is 2.35. The summed E-state index contributed by atoms with van der Waals surface area (Å²) in [4.78, 5) is 0. The zero-order valence-corrected chi connectivity index (χ0v) is 8.71. The van der Waals surface area contributed by atoms with Crippen LogP contribution in [0.1, 0.15) is 0 Å². The van der Waals surface area contributed by atoms with Crippen LogP contribution < -0.4 is 10.1 Å². The first kappa shape index (κ1) is 11.3. The first-order chi connectivity index (χ1) is 7.77. The Bertz CT molecular complexity index is 354. The number of rotatable bonds is 3. The lowest BCUT2D eigenvalue weighted by Gasteiger charge is -2.23. The summed E-state index contributed by atoms with van der Waals surface area (Å²) in [6.45, 7) is 2.30. The van der Waals surface area contributed by atoms with Crippen molar-refractivity contribution in [2.75, 3.05) is 26.3 Å². The predicted molar refractivity (Wildman–Crippen MR) is 54.5 cm³/mol. The van der Waals surface area contributed by atoms with Crippen LogP contribution in [0.15, 0.2) is 18.2 Å². The highest BCUT2D eigenvalue weighted by Crippen LogP contribution is 2.19. The second-order valence-electron chi connectivity index (χ2n) is 3.56. The molecule has 1 heterocycles. The first-order valence-electron chi connectivity index (χ1n) is 5.16. The van der Waals surface area contributed by atoms with E-state index in [0.29, 0.717) is 13.2 Å². The Kier molecular flexibility index (Phi) is 3.69. The third kappa shape index (κ3) is 2.68. The van der Waals surface area contributed by atoms with E-state index < -0.39 is 11.6 Å². The van der Waals surface area contributed by atoms with Crippen molar-refractivity contribution < 1.29 is 18.3 Å². The number of hydrogen-bond donors (Lipinski definition) is 1. The van der Waals surface area contributed by atoms with Gasteiger partial charge in [0.25, 0.3) is 0 Å². The van der Waals surface area contributed by atoms with Crippen molar-refractivity contribution in [2.45, 2.75) is 6.10 Å². The van der Waals surface area contributed by atoms with E-state index in [0.717, 1.165) is 12.6 Å². The van der Waals surface area contributed by atoms with E-state index in [1.807, 2.05) is 0 Å². The quantitative estimate of drug-likeness (QED) is 0.848. The first-order valence-corrected chi connectivity index (χ1v) is 5.16. The molecule has 2 rings (SSSR count). The van der Waals surface area contributed by atoms with Crippen LogP contribution >= 0.6 is 0 Å². The number of halogens is 2. The highest BCUT2D eigenvalue weighted by atomic mass is 19.2. The Morgan fingerprint density at radius 3 is 3.06 bits per heavy atom. The summed E-state index contributed by atoms with van der Waals surface area (Å²) in [5, 5.41) is 3.12. The normalized spacial score (nSPS) is 20.8. The summed E-state index contributed by atoms with van der Waals surface area (Å²) in [6.07, 6.45) is -0.114. The Morgan fingerprint density at radius 2 is 2.31 bits per heavy atom. The average Bonchev–Trinajstić information content (AvgIpc) is 2.32. The zero-order valence-electron chi connectivity index (χ0n) is 8.71. The van der Waals surface area contributed by atoms with Crippen molar-refractivity contribution in [2.24, 2.45) is 0 Å². The molecule has 5 heteroatoms. The van der Waals surface area contributed by atoms with Gasteiger partial charge < -0.3 is 14.8 Å². The molecule has 0 bridgehead atoms. The van der Waals surface area contributed by atoms with Crippen molar-refractivity contribution in [1.82, 2.24) is 5.32 Å². The molecule has 16 heavy (non-hydrogen) atoms. The molecule has 0 amide bonds. The summed E-state index contributed by atoms with van der Waals surface area (Å²) in [7, 11) is 0. The van der Waals surface area contributed by atoms with Gasteiger partial charge in [-0.25, -0.2) is 4.39 Å². The maximum absolute atomic E-state index is 13.2. The number of benzene rings is 1. The molecule has 1 saturated heterocycles. The fraction of sp³-hybridized carbons (Fsp3) is 0.455. The van der Waals surface area contributed by atoms with E-state index in [1.165, 1.54) is 12.1 Å². The minimum absolute atomic E-state index is 0.0748. The third-order valence-corrected chi connectivity index (χ3v) is 2.35. The van der Waals surface area contributed by atoms with E-state index in [-0.39, 0.29) is 18.5 Å². The number of ether oxygens (including phenoxy) is 2. The molecule has 1 aliphatic rings. The Hall–Kier alpha value is -1.20. The zero-order chi connectivity index (χ0) is 11.4. The van der Waals surface area contributed by atoms with Crippen LogP contribution in [0, 0.1) is 11.6 Å². The van der Waals surface area contributed by atoms with Gasteiger partial charge in [0.1, 0.15) is 12.7 Å². The molecule has 0 radical (unpaired) electrons. The maximum atomic E-state index is 13.2. The second-order valence-corrected chi connectivity index (χ2v) is 3.56. The smallest absolute Gasteiger partial charge is 0.200 e. The SMILES string of the molecule is Fc1cccc(OCC2CNCCO2)c1F. The van der Waals surface area contributed by atoms with Gasteiger partial charge in [0, 0.05) is 13.1 Å². The summed E-state index contributed by atoms with van der Waals surface area (Å²) < 4.78 is 36.6. The molecule has 0 saturated carbocycles. The Morgan fingerprint density at radius 1 is 1.44 bits per heavy atom. The van der Waals surface area contributed by atoms with Crippen LogP contribution in [0.2, 0.25) is 0 Å². The van der Waals surface area contributed by atoms with Crippen molar-refractivity contribution in [3.05, 3.63) is 29.8 Å². The minimum atomic E-state index is -0.953. The topological polar surface area (TPSA) is 30.5 Å². The molecule has 0 aliphatic carbocycles. The monoisotopic (exact) mass is 229 g/mol. The fourth-order valence-electron chi connectivity index (χ4n) is 1.50. The maximum Gasteiger partial charge on any atom is 0.200 e. The lowest BCUT2D eigenvalue weighted by atomic mass is 10.3. The summed E-state index contributed by atoms with van der Waals surface area (Å²) in [5.41, 5.74) is 0. The summed E-state index contributed by atoms with van der Waals surface area (Å²) in [5.74, 6) is -1.93. The Balaban J connectivity index is 1.91.